The van der Waals surface area contributed by atoms with Crippen molar-refractivity contribution in [3.05, 3.63) is 35.4 Å². The number of amides is 2. The van der Waals surface area contributed by atoms with Crippen molar-refractivity contribution in [3.63, 3.8) is 0 Å². The van der Waals surface area contributed by atoms with Gasteiger partial charge in [-0.1, -0.05) is 12.1 Å². The lowest BCUT2D eigenvalue weighted by atomic mass is 10.1. The molecule has 1 N–H and O–H groups in total. The van der Waals surface area contributed by atoms with Gasteiger partial charge < -0.3 is 10.2 Å². The van der Waals surface area contributed by atoms with Crippen LogP contribution < -0.4 is 5.32 Å². The Kier molecular flexibility index (Phi) is 3.06. The van der Waals surface area contributed by atoms with E-state index >= 15 is 0 Å². The average molecular weight is 229 g/mol. The molecule has 17 heavy (non-hydrogen) atoms. The lowest BCUT2D eigenvalue weighted by Gasteiger charge is -2.04. The Balaban J connectivity index is 2.01. The van der Waals surface area contributed by atoms with Crippen molar-refractivity contribution in [3.8, 4) is 6.07 Å². The lowest BCUT2D eigenvalue weighted by molar-refractivity contribution is -0.109. The first-order valence-corrected chi connectivity index (χ1v) is 5.23. The molecule has 0 spiro atoms. The van der Waals surface area contributed by atoms with Crippen molar-refractivity contribution >= 4 is 12.3 Å². The second-order valence-corrected chi connectivity index (χ2v) is 3.80. The summed E-state index contributed by atoms with van der Waals surface area (Å²) in [6.07, 6.45) is 0.631. The third-order valence-corrected chi connectivity index (χ3v) is 2.61. The van der Waals surface area contributed by atoms with Gasteiger partial charge >= 0.3 is 0 Å². The predicted octanol–water partition coefficient (Wildman–Crippen LogP) is 0.281. The van der Waals surface area contributed by atoms with E-state index in [9.17, 15) is 9.59 Å². The van der Waals surface area contributed by atoms with Gasteiger partial charge in [-0.2, -0.15) is 5.26 Å². The van der Waals surface area contributed by atoms with Crippen LogP contribution in [0.5, 0.6) is 0 Å². The van der Waals surface area contributed by atoms with Gasteiger partial charge in [-0.05, 0) is 17.7 Å². The highest BCUT2D eigenvalue weighted by Gasteiger charge is 2.38. The highest BCUT2D eigenvalue weighted by molar-refractivity contribution is 5.96. The third kappa shape index (κ3) is 2.42. The number of benzene rings is 1. The van der Waals surface area contributed by atoms with Crippen LogP contribution in [0.3, 0.4) is 0 Å². The number of nitrogens with one attached hydrogen (secondary N) is 1. The van der Waals surface area contributed by atoms with Crippen LogP contribution in [0.15, 0.2) is 24.3 Å². The molecule has 5 nitrogen and oxygen atoms in total. The van der Waals surface area contributed by atoms with E-state index in [-0.39, 0.29) is 11.9 Å². The molecule has 1 heterocycles. The summed E-state index contributed by atoms with van der Waals surface area (Å²) < 4.78 is 0. The van der Waals surface area contributed by atoms with E-state index in [0.29, 0.717) is 25.1 Å². The first kappa shape index (κ1) is 11.1. The summed E-state index contributed by atoms with van der Waals surface area (Å²) in [6, 6.07) is 8.75. The van der Waals surface area contributed by atoms with Crippen LogP contribution in [-0.2, 0) is 11.3 Å². The molecule has 0 aliphatic carbocycles. The molecule has 86 valence electrons. The number of rotatable bonds is 4. The summed E-state index contributed by atoms with van der Waals surface area (Å²) >= 11 is 0. The SMILES string of the molecule is N#CC1CN1C(=O)c1ccc(CNC=O)cc1. The van der Waals surface area contributed by atoms with Crippen LogP contribution >= 0.6 is 0 Å². The summed E-state index contributed by atoms with van der Waals surface area (Å²) in [5.41, 5.74) is 1.49. The van der Waals surface area contributed by atoms with E-state index in [2.05, 4.69) is 5.32 Å². The Hall–Kier alpha value is -2.35. The highest BCUT2D eigenvalue weighted by Crippen LogP contribution is 2.20. The van der Waals surface area contributed by atoms with Gasteiger partial charge in [0, 0.05) is 12.1 Å². The normalized spacial score (nSPS) is 17.1. The maximum absolute atomic E-state index is 11.8. The summed E-state index contributed by atoms with van der Waals surface area (Å²) in [4.78, 5) is 23.4. The van der Waals surface area contributed by atoms with Gasteiger partial charge in [-0.15, -0.1) is 0 Å². The number of carbonyl (C=O) groups is 2. The molecule has 1 aliphatic rings. The van der Waals surface area contributed by atoms with Crippen LogP contribution in [0.1, 0.15) is 15.9 Å². The first-order valence-electron chi connectivity index (χ1n) is 5.23. The van der Waals surface area contributed by atoms with Gasteiger partial charge in [-0.3, -0.25) is 9.59 Å². The second-order valence-electron chi connectivity index (χ2n) is 3.80. The standard InChI is InChI=1S/C12H11N3O2/c13-5-11-7-15(11)12(17)10-3-1-9(2-4-10)6-14-8-16/h1-4,8,11H,6-7H2,(H,14,16). The fraction of sp³-hybridized carbons (Fsp3) is 0.250. The van der Waals surface area contributed by atoms with Crippen molar-refractivity contribution in [2.24, 2.45) is 0 Å². The second kappa shape index (κ2) is 4.66. The molecule has 0 saturated carbocycles. The van der Waals surface area contributed by atoms with E-state index in [1.54, 1.807) is 24.3 Å². The van der Waals surface area contributed by atoms with E-state index in [0.717, 1.165) is 5.56 Å². The molecular formula is C12H11N3O2. The molecule has 2 rings (SSSR count). The zero-order chi connectivity index (χ0) is 12.3. The molecular weight excluding hydrogens is 218 g/mol. The Bertz CT molecular complexity index is 476. The van der Waals surface area contributed by atoms with Gasteiger partial charge in [0.1, 0.15) is 6.04 Å². The molecule has 1 aromatic rings. The van der Waals surface area contributed by atoms with E-state index in [1.165, 1.54) is 4.90 Å². The van der Waals surface area contributed by atoms with Crippen molar-refractivity contribution in [1.82, 2.24) is 10.2 Å². The van der Waals surface area contributed by atoms with Gasteiger partial charge in [0.25, 0.3) is 5.91 Å². The Labute approximate surface area is 98.6 Å². The topological polar surface area (TPSA) is 73.0 Å². The molecule has 0 radical (unpaired) electrons. The van der Waals surface area contributed by atoms with Crippen LogP contribution in [-0.4, -0.2) is 29.8 Å². The smallest absolute Gasteiger partial charge is 0.255 e. The number of nitrogens with zero attached hydrogens (tertiary/aromatic N) is 2. The number of hydrogen-bond donors (Lipinski definition) is 1. The van der Waals surface area contributed by atoms with Gasteiger partial charge in [0.15, 0.2) is 0 Å². The first-order chi connectivity index (χ1) is 8.26. The van der Waals surface area contributed by atoms with Crippen LogP contribution in [0, 0.1) is 11.3 Å². The molecule has 1 atom stereocenters. The summed E-state index contributed by atoms with van der Waals surface area (Å²) in [7, 11) is 0. The van der Waals surface area contributed by atoms with Crippen molar-refractivity contribution in [2.45, 2.75) is 12.6 Å². The van der Waals surface area contributed by atoms with E-state index < -0.39 is 0 Å². The van der Waals surface area contributed by atoms with E-state index in [1.807, 2.05) is 6.07 Å². The summed E-state index contributed by atoms with van der Waals surface area (Å²) in [6.45, 7) is 0.965. The van der Waals surface area contributed by atoms with Gasteiger partial charge in [0.2, 0.25) is 6.41 Å². The average Bonchev–Trinajstić information content (AvgIpc) is 3.15. The summed E-state index contributed by atoms with van der Waals surface area (Å²) in [5, 5.41) is 11.2. The zero-order valence-corrected chi connectivity index (χ0v) is 9.09. The molecule has 1 aromatic carbocycles. The Morgan fingerprint density at radius 3 is 2.76 bits per heavy atom. The monoisotopic (exact) mass is 229 g/mol. The predicted molar refractivity (Wildman–Crippen MR) is 59.8 cm³/mol. The largest absolute Gasteiger partial charge is 0.355 e. The molecule has 0 bridgehead atoms. The van der Waals surface area contributed by atoms with Crippen molar-refractivity contribution in [1.29, 1.82) is 5.26 Å². The molecule has 0 aromatic heterocycles. The minimum absolute atomic E-state index is 0.119. The van der Waals surface area contributed by atoms with E-state index in [4.69, 9.17) is 5.26 Å². The number of nitriles is 1. The van der Waals surface area contributed by atoms with Crippen LogP contribution in [0.2, 0.25) is 0 Å². The lowest BCUT2D eigenvalue weighted by Crippen LogP contribution is -2.14. The van der Waals surface area contributed by atoms with Crippen molar-refractivity contribution in [2.75, 3.05) is 6.54 Å². The quantitative estimate of drug-likeness (QED) is 0.595. The molecule has 1 unspecified atom stereocenters. The molecule has 1 aliphatic heterocycles. The maximum Gasteiger partial charge on any atom is 0.255 e. The fourth-order valence-corrected chi connectivity index (χ4v) is 1.56. The minimum Gasteiger partial charge on any atom is -0.355 e. The minimum atomic E-state index is -0.265. The molecule has 5 heteroatoms. The van der Waals surface area contributed by atoms with Crippen molar-refractivity contribution < 1.29 is 9.59 Å². The van der Waals surface area contributed by atoms with Crippen LogP contribution in [0.25, 0.3) is 0 Å². The van der Waals surface area contributed by atoms with Gasteiger partial charge in [-0.25, -0.2) is 0 Å². The Morgan fingerprint density at radius 1 is 1.53 bits per heavy atom. The highest BCUT2D eigenvalue weighted by atomic mass is 16.2. The maximum atomic E-state index is 11.8. The fourth-order valence-electron chi connectivity index (χ4n) is 1.56. The Morgan fingerprint density at radius 2 is 2.24 bits per heavy atom. The summed E-state index contributed by atoms with van der Waals surface area (Å²) in [5.74, 6) is -0.119. The van der Waals surface area contributed by atoms with Crippen LogP contribution in [0.4, 0.5) is 0 Å². The number of carbonyl (C=O) groups excluding carboxylic acids is 2. The number of hydrogen-bond acceptors (Lipinski definition) is 3. The zero-order valence-electron chi connectivity index (χ0n) is 9.09. The van der Waals surface area contributed by atoms with Gasteiger partial charge in [0.05, 0.1) is 12.6 Å². The third-order valence-electron chi connectivity index (χ3n) is 2.61. The molecule has 2 amide bonds. The molecule has 1 saturated heterocycles. The molecule has 1 fully saturated rings.